The van der Waals surface area contributed by atoms with Gasteiger partial charge in [0.25, 0.3) is 5.91 Å². The maximum Gasteiger partial charge on any atom is 0.257 e. The Hall–Kier alpha value is -4.22. The van der Waals surface area contributed by atoms with Crippen molar-refractivity contribution in [1.29, 1.82) is 0 Å². The van der Waals surface area contributed by atoms with E-state index in [1.807, 2.05) is 24.0 Å². The standard InChI is InChI=1S/C29H29ClF2N8O/c1-3-11-39-12-14-40(15-13-39)29-37-26(19-7-9-22(31)23(32)16-19)36-28(38-29)34-24-10-8-20(17-33-24)27(41)35-25-18(2)5-4-6-21(25)30/h4-10,16-17H,3,11-15H2,1-2H3,(H,35,41)(H,33,34,36,37,38). The highest BCUT2D eigenvalue weighted by molar-refractivity contribution is 6.34. The number of benzene rings is 2. The van der Waals surface area contributed by atoms with Crippen LogP contribution in [-0.4, -0.2) is 63.5 Å². The molecule has 0 aliphatic carbocycles. The number of aromatic nitrogens is 4. The molecule has 5 rings (SSSR count). The summed E-state index contributed by atoms with van der Waals surface area (Å²) in [7, 11) is 0. The average Bonchev–Trinajstić information content (AvgIpc) is 2.97. The highest BCUT2D eigenvalue weighted by Crippen LogP contribution is 2.26. The average molecular weight is 579 g/mol. The second-order valence-corrected chi connectivity index (χ2v) is 10.1. The minimum Gasteiger partial charge on any atom is -0.338 e. The largest absolute Gasteiger partial charge is 0.338 e. The molecule has 0 bridgehead atoms. The molecule has 0 radical (unpaired) electrons. The predicted molar refractivity (Wildman–Crippen MR) is 156 cm³/mol. The fraction of sp³-hybridized carbons (Fsp3) is 0.276. The predicted octanol–water partition coefficient (Wildman–Crippen LogP) is 5.70. The number of carbonyl (C=O) groups is 1. The second-order valence-electron chi connectivity index (χ2n) is 9.68. The van der Waals surface area contributed by atoms with Gasteiger partial charge >= 0.3 is 0 Å². The zero-order valence-corrected chi connectivity index (χ0v) is 23.4. The first kappa shape index (κ1) is 28.3. The highest BCUT2D eigenvalue weighted by Gasteiger charge is 2.21. The second kappa shape index (κ2) is 12.5. The first-order chi connectivity index (χ1) is 19.8. The summed E-state index contributed by atoms with van der Waals surface area (Å²) in [6.45, 7) is 8.19. The van der Waals surface area contributed by atoms with E-state index in [0.29, 0.717) is 46.7 Å². The molecule has 2 N–H and O–H groups in total. The van der Waals surface area contributed by atoms with E-state index in [-0.39, 0.29) is 17.7 Å². The molecule has 2 aromatic carbocycles. The van der Waals surface area contributed by atoms with Crippen LogP contribution in [0.15, 0.2) is 54.7 Å². The number of halogens is 3. The molecule has 0 spiro atoms. The van der Waals surface area contributed by atoms with Crippen LogP contribution in [0.25, 0.3) is 11.4 Å². The molecule has 9 nitrogen and oxygen atoms in total. The van der Waals surface area contributed by atoms with Gasteiger partial charge in [0.1, 0.15) is 5.82 Å². The minimum absolute atomic E-state index is 0.183. The van der Waals surface area contributed by atoms with E-state index in [4.69, 9.17) is 11.6 Å². The number of nitrogens with one attached hydrogen (secondary N) is 2. The van der Waals surface area contributed by atoms with E-state index in [2.05, 4.69) is 42.4 Å². The van der Waals surface area contributed by atoms with Gasteiger partial charge in [-0.15, -0.1) is 0 Å². The summed E-state index contributed by atoms with van der Waals surface area (Å²) in [5, 5.41) is 6.32. The van der Waals surface area contributed by atoms with Crippen molar-refractivity contribution in [2.75, 3.05) is 48.3 Å². The zero-order valence-electron chi connectivity index (χ0n) is 22.7. The van der Waals surface area contributed by atoms with E-state index in [9.17, 15) is 13.6 Å². The lowest BCUT2D eigenvalue weighted by atomic mass is 10.2. The van der Waals surface area contributed by atoms with Gasteiger partial charge in [-0.25, -0.2) is 13.8 Å². The molecule has 12 heteroatoms. The number of anilines is 4. The maximum absolute atomic E-state index is 14.0. The van der Waals surface area contributed by atoms with Crippen molar-refractivity contribution >= 4 is 40.9 Å². The maximum atomic E-state index is 14.0. The lowest BCUT2D eigenvalue weighted by molar-refractivity contribution is 0.102. The van der Waals surface area contributed by atoms with E-state index in [0.717, 1.165) is 43.8 Å². The number of hydrogen-bond donors (Lipinski definition) is 2. The molecular formula is C29H29ClF2N8O. The minimum atomic E-state index is -0.991. The Bertz CT molecular complexity index is 1520. The van der Waals surface area contributed by atoms with Crippen LogP contribution in [0.4, 0.5) is 32.2 Å². The summed E-state index contributed by atoms with van der Waals surface area (Å²) >= 11 is 6.24. The Kier molecular flexibility index (Phi) is 8.65. The number of amides is 1. The van der Waals surface area contributed by atoms with Gasteiger partial charge in [0, 0.05) is 37.9 Å². The summed E-state index contributed by atoms with van der Waals surface area (Å²) in [6, 6.07) is 12.1. The number of pyridine rings is 1. The molecular weight excluding hydrogens is 550 g/mol. The van der Waals surface area contributed by atoms with Gasteiger partial charge in [-0.3, -0.25) is 9.69 Å². The van der Waals surface area contributed by atoms with Gasteiger partial charge < -0.3 is 15.5 Å². The number of piperazine rings is 1. The number of nitrogens with zero attached hydrogens (tertiary/aromatic N) is 6. The van der Waals surface area contributed by atoms with Gasteiger partial charge in [0.05, 0.1) is 16.3 Å². The first-order valence-electron chi connectivity index (χ1n) is 13.3. The molecule has 3 heterocycles. The van der Waals surface area contributed by atoms with Crippen LogP contribution in [-0.2, 0) is 0 Å². The molecule has 1 saturated heterocycles. The highest BCUT2D eigenvalue weighted by atomic mass is 35.5. The van der Waals surface area contributed by atoms with Crippen LogP contribution in [0.3, 0.4) is 0 Å². The third-order valence-corrected chi connectivity index (χ3v) is 7.04. The number of para-hydroxylation sites is 1. The van der Waals surface area contributed by atoms with E-state index in [1.165, 1.54) is 12.3 Å². The van der Waals surface area contributed by atoms with Crippen LogP contribution in [0.5, 0.6) is 0 Å². The summed E-state index contributed by atoms with van der Waals surface area (Å²) in [6.07, 6.45) is 2.50. The van der Waals surface area contributed by atoms with Gasteiger partial charge in [-0.2, -0.15) is 15.0 Å². The monoisotopic (exact) mass is 578 g/mol. The molecule has 0 atom stereocenters. The van der Waals surface area contributed by atoms with Crippen molar-refractivity contribution in [2.24, 2.45) is 0 Å². The van der Waals surface area contributed by atoms with Gasteiger partial charge in [0.2, 0.25) is 11.9 Å². The smallest absolute Gasteiger partial charge is 0.257 e. The molecule has 0 saturated carbocycles. The summed E-state index contributed by atoms with van der Waals surface area (Å²) < 4.78 is 27.6. The lowest BCUT2D eigenvalue weighted by Crippen LogP contribution is -2.47. The Morgan fingerprint density at radius 1 is 1.00 bits per heavy atom. The molecule has 2 aromatic heterocycles. The topological polar surface area (TPSA) is 99.2 Å². The summed E-state index contributed by atoms with van der Waals surface area (Å²) in [5.41, 5.74) is 2.03. The fourth-order valence-electron chi connectivity index (χ4n) is 4.51. The van der Waals surface area contributed by atoms with Gasteiger partial charge in [-0.05, 0) is 61.9 Å². The van der Waals surface area contributed by atoms with Gasteiger partial charge in [0.15, 0.2) is 17.5 Å². The third-order valence-electron chi connectivity index (χ3n) is 6.72. The molecule has 4 aromatic rings. The normalized spacial score (nSPS) is 13.7. The van der Waals surface area contributed by atoms with Crippen molar-refractivity contribution < 1.29 is 13.6 Å². The van der Waals surface area contributed by atoms with Crippen molar-refractivity contribution in [3.63, 3.8) is 0 Å². The number of hydrogen-bond acceptors (Lipinski definition) is 8. The lowest BCUT2D eigenvalue weighted by Gasteiger charge is -2.34. The fourth-order valence-corrected chi connectivity index (χ4v) is 4.78. The van der Waals surface area contributed by atoms with Crippen molar-refractivity contribution in [3.05, 3.63) is 82.5 Å². The van der Waals surface area contributed by atoms with Crippen molar-refractivity contribution in [2.45, 2.75) is 20.3 Å². The Labute approximate surface area is 241 Å². The Morgan fingerprint density at radius 2 is 1.80 bits per heavy atom. The Balaban J connectivity index is 1.38. The number of carbonyl (C=O) groups excluding carboxylic acids is 1. The van der Waals surface area contributed by atoms with Crippen LogP contribution in [0.1, 0.15) is 29.3 Å². The molecule has 1 amide bonds. The van der Waals surface area contributed by atoms with Crippen LogP contribution in [0.2, 0.25) is 5.02 Å². The molecule has 212 valence electrons. The summed E-state index contributed by atoms with van der Waals surface area (Å²) in [5.74, 6) is -1.12. The Morgan fingerprint density at radius 3 is 2.49 bits per heavy atom. The molecule has 1 aliphatic heterocycles. The third kappa shape index (κ3) is 6.75. The van der Waals surface area contributed by atoms with E-state index >= 15 is 0 Å². The van der Waals surface area contributed by atoms with E-state index in [1.54, 1.807) is 18.2 Å². The molecule has 0 unspecified atom stereocenters. The number of aryl methyl sites for hydroxylation is 1. The molecule has 1 fully saturated rings. The quantitative estimate of drug-likeness (QED) is 0.275. The number of rotatable bonds is 8. The first-order valence-corrected chi connectivity index (χ1v) is 13.7. The molecule has 1 aliphatic rings. The van der Waals surface area contributed by atoms with E-state index < -0.39 is 11.6 Å². The van der Waals surface area contributed by atoms with Crippen molar-refractivity contribution in [3.8, 4) is 11.4 Å². The van der Waals surface area contributed by atoms with Crippen molar-refractivity contribution in [1.82, 2.24) is 24.8 Å². The van der Waals surface area contributed by atoms with Gasteiger partial charge in [-0.1, -0.05) is 30.7 Å². The SMILES string of the molecule is CCCN1CCN(c2nc(Nc3ccc(C(=O)Nc4c(C)cccc4Cl)cn3)nc(-c3ccc(F)c(F)c3)n2)CC1. The van der Waals surface area contributed by atoms with Crippen LogP contribution < -0.4 is 15.5 Å². The van der Waals surface area contributed by atoms with Crippen LogP contribution in [0, 0.1) is 18.6 Å². The van der Waals surface area contributed by atoms with Crippen LogP contribution >= 0.6 is 11.6 Å². The zero-order chi connectivity index (χ0) is 28.9. The molecule has 41 heavy (non-hydrogen) atoms. The summed E-state index contributed by atoms with van der Waals surface area (Å²) in [4.78, 5) is 35.2.